The Morgan fingerprint density at radius 1 is 1.29 bits per heavy atom. The molecule has 1 saturated carbocycles. The van der Waals surface area contributed by atoms with E-state index >= 15 is 0 Å². The van der Waals surface area contributed by atoms with E-state index < -0.39 is 11.6 Å². The molecule has 0 spiro atoms. The number of likely N-dealkylation sites (tertiary alicyclic amines) is 1. The van der Waals surface area contributed by atoms with E-state index in [9.17, 15) is 13.6 Å². The molecule has 6 nitrogen and oxygen atoms in total. The van der Waals surface area contributed by atoms with Gasteiger partial charge in [-0.15, -0.1) is 24.0 Å². The summed E-state index contributed by atoms with van der Waals surface area (Å²) in [5.41, 5.74) is 0.183. The van der Waals surface area contributed by atoms with Crippen LogP contribution < -0.4 is 10.6 Å². The molecule has 2 aliphatic rings. The Morgan fingerprint density at radius 2 is 2.03 bits per heavy atom. The zero-order valence-electron chi connectivity index (χ0n) is 18.6. The quantitative estimate of drug-likeness (QED) is 0.298. The molecule has 1 heterocycles. The summed E-state index contributed by atoms with van der Waals surface area (Å²) in [6.45, 7) is 5.55. The number of carbonyl (C=O) groups excluding carboxylic acids is 1. The molecule has 2 fully saturated rings. The van der Waals surface area contributed by atoms with Crippen molar-refractivity contribution < 1.29 is 13.6 Å². The number of hydrogen-bond acceptors (Lipinski definition) is 3. The van der Waals surface area contributed by atoms with Gasteiger partial charge in [-0.25, -0.2) is 13.8 Å². The molecule has 1 aromatic carbocycles. The van der Waals surface area contributed by atoms with Crippen molar-refractivity contribution in [3.05, 3.63) is 35.4 Å². The number of likely N-dealkylation sites (N-methyl/N-ethyl adjacent to an activating group) is 2. The van der Waals surface area contributed by atoms with Crippen LogP contribution in [0.4, 0.5) is 8.78 Å². The number of halogens is 3. The summed E-state index contributed by atoms with van der Waals surface area (Å²) in [6.07, 6.45) is 3.99. The van der Waals surface area contributed by atoms with Crippen LogP contribution in [0.25, 0.3) is 0 Å². The second-order valence-corrected chi connectivity index (χ2v) is 8.52. The van der Waals surface area contributed by atoms with Gasteiger partial charge >= 0.3 is 0 Å². The van der Waals surface area contributed by atoms with E-state index in [1.807, 2.05) is 0 Å². The van der Waals surface area contributed by atoms with E-state index in [0.29, 0.717) is 24.1 Å². The van der Waals surface area contributed by atoms with Crippen molar-refractivity contribution >= 4 is 35.8 Å². The molecule has 174 valence electrons. The fraction of sp³-hybridized carbons (Fsp3) is 0.636. The van der Waals surface area contributed by atoms with Gasteiger partial charge in [0, 0.05) is 44.7 Å². The standard InChI is InChI=1S/C22H33F2N5O.HI/c1-4-29-11-5-6-17(29)13-25-21(26-14-20(30)28(2)3)27-15-22(9-10-22)18-8-7-16(23)12-19(18)24;/h7-8,12,17H,4-6,9-11,13-15H2,1-3H3,(H2,25,26,27);1H. The Bertz CT molecular complexity index is 785. The monoisotopic (exact) mass is 549 g/mol. The lowest BCUT2D eigenvalue weighted by Crippen LogP contribution is -2.47. The number of aliphatic imine (C=N–C) groups is 1. The average Bonchev–Trinajstić information content (AvgIpc) is 3.35. The topological polar surface area (TPSA) is 60.0 Å². The van der Waals surface area contributed by atoms with Crippen LogP contribution in [0.1, 0.15) is 38.2 Å². The summed E-state index contributed by atoms with van der Waals surface area (Å²) < 4.78 is 27.6. The summed E-state index contributed by atoms with van der Waals surface area (Å²) >= 11 is 0. The minimum Gasteiger partial charge on any atom is -0.355 e. The van der Waals surface area contributed by atoms with Gasteiger partial charge in [0.25, 0.3) is 0 Å². The van der Waals surface area contributed by atoms with Crippen molar-refractivity contribution in [2.24, 2.45) is 4.99 Å². The summed E-state index contributed by atoms with van der Waals surface area (Å²) in [7, 11) is 3.40. The molecular formula is C22H34F2IN5O. The highest BCUT2D eigenvalue weighted by Crippen LogP contribution is 2.48. The predicted molar refractivity (Wildman–Crippen MR) is 130 cm³/mol. The number of nitrogens with one attached hydrogen (secondary N) is 2. The van der Waals surface area contributed by atoms with Crippen LogP contribution in [0.5, 0.6) is 0 Å². The highest BCUT2D eigenvalue weighted by molar-refractivity contribution is 14.0. The van der Waals surface area contributed by atoms with Gasteiger partial charge in [0.2, 0.25) is 5.91 Å². The highest BCUT2D eigenvalue weighted by Gasteiger charge is 2.46. The van der Waals surface area contributed by atoms with Gasteiger partial charge in [0.15, 0.2) is 5.96 Å². The van der Waals surface area contributed by atoms with Crippen LogP contribution in [-0.4, -0.2) is 74.5 Å². The molecule has 0 aromatic heterocycles. The lowest BCUT2D eigenvalue weighted by atomic mass is 9.95. The van der Waals surface area contributed by atoms with E-state index in [0.717, 1.165) is 45.0 Å². The Hall–Kier alpha value is -1.49. The second-order valence-electron chi connectivity index (χ2n) is 8.52. The van der Waals surface area contributed by atoms with Gasteiger partial charge in [-0.2, -0.15) is 0 Å². The van der Waals surface area contributed by atoms with Crippen molar-refractivity contribution in [1.82, 2.24) is 20.4 Å². The summed E-state index contributed by atoms with van der Waals surface area (Å²) in [5.74, 6) is -0.601. The minimum atomic E-state index is -0.567. The van der Waals surface area contributed by atoms with Gasteiger partial charge in [-0.3, -0.25) is 9.69 Å². The smallest absolute Gasteiger partial charge is 0.243 e. The molecule has 1 saturated heterocycles. The van der Waals surface area contributed by atoms with Crippen LogP contribution in [0.15, 0.2) is 23.2 Å². The Labute approximate surface area is 200 Å². The van der Waals surface area contributed by atoms with E-state index in [1.54, 1.807) is 14.1 Å². The molecule has 31 heavy (non-hydrogen) atoms. The van der Waals surface area contributed by atoms with Gasteiger partial charge in [0.05, 0.1) is 0 Å². The molecule has 1 aliphatic heterocycles. The van der Waals surface area contributed by atoms with Crippen LogP contribution in [0.2, 0.25) is 0 Å². The molecule has 1 unspecified atom stereocenters. The lowest BCUT2D eigenvalue weighted by Gasteiger charge is -2.25. The first-order chi connectivity index (χ1) is 14.3. The van der Waals surface area contributed by atoms with E-state index in [1.165, 1.54) is 23.5 Å². The number of carbonyl (C=O) groups is 1. The fourth-order valence-corrected chi connectivity index (χ4v) is 4.08. The van der Waals surface area contributed by atoms with Crippen LogP contribution in [0.3, 0.4) is 0 Å². The first kappa shape index (κ1) is 25.8. The lowest BCUT2D eigenvalue weighted by molar-refractivity contribution is -0.127. The third-order valence-electron chi connectivity index (χ3n) is 6.23. The second kappa shape index (κ2) is 11.4. The number of benzene rings is 1. The average molecular weight is 549 g/mol. The Kier molecular flexibility index (Phi) is 9.47. The van der Waals surface area contributed by atoms with Crippen molar-refractivity contribution in [3.8, 4) is 0 Å². The van der Waals surface area contributed by atoms with E-state index in [4.69, 9.17) is 0 Å². The van der Waals surface area contributed by atoms with Crippen LogP contribution in [-0.2, 0) is 10.2 Å². The molecule has 1 aliphatic carbocycles. The molecule has 2 N–H and O–H groups in total. The number of hydrogen-bond donors (Lipinski definition) is 2. The molecule has 1 atom stereocenters. The summed E-state index contributed by atoms with van der Waals surface area (Å²) in [5, 5.41) is 6.67. The fourth-order valence-electron chi connectivity index (χ4n) is 4.08. The maximum Gasteiger partial charge on any atom is 0.243 e. The summed E-state index contributed by atoms with van der Waals surface area (Å²) in [4.78, 5) is 20.4. The largest absolute Gasteiger partial charge is 0.355 e. The maximum absolute atomic E-state index is 14.3. The molecule has 0 radical (unpaired) electrons. The van der Waals surface area contributed by atoms with Gasteiger partial charge in [0.1, 0.15) is 18.2 Å². The molecule has 3 rings (SSSR count). The third-order valence-corrected chi connectivity index (χ3v) is 6.23. The third kappa shape index (κ3) is 6.74. The Morgan fingerprint density at radius 3 is 2.65 bits per heavy atom. The molecular weight excluding hydrogens is 515 g/mol. The van der Waals surface area contributed by atoms with Crippen LogP contribution >= 0.6 is 24.0 Å². The molecule has 9 heteroatoms. The number of rotatable bonds is 8. The first-order valence-corrected chi connectivity index (χ1v) is 10.8. The normalized spacial score (nSPS) is 20.2. The van der Waals surface area contributed by atoms with Crippen molar-refractivity contribution in [1.29, 1.82) is 0 Å². The first-order valence-electron chi connectivity index (χ1n) is 10.8. The Balaban J connectivity index is 0.00000341. The van der Waals surface area contributed by atoms with Gasteiger partial charge in [-0.1, -0.05) is 13.0 Å². The number of amides is 1. The van der Waals surface area contributed by atoms with E-state index in [2.05, 4.69) is 27.4 Å². The molecule has 1 amide bonds. The predicted octanol–water partition coefficient (Wildman–Crippen LogP) is 2.72. The number of nitrogens with zero attached hydrogens (tertiary/aromatic N) is 3. The number of guanidine groups is 1. The zero-order valence-corrected chi connectivity index (χ0v) is 20.9. The van der Waals surface area contributed by atoms with Crippen molar-refractivity contribution in [2.75, 3.05) is 46.8 Å². The zero-order chi connectivity index (χ0) is 21.7. The van der Waals surface area contributed by atoms with Gasteiger partial charge < -0.3 is 15.5 Å². The maximum atomic E-state index is 14.3. The van der Waals surface area contributed by atoms with Crippen molar-refractivity contribution in [3.63, 3.8) is 0 Å². The highest BCUT2D eigenvalue weighted by atomic mass is 127. The minimum absolute atomic E-state index is 0. The van der Waals surface area contributed by atoms with Crippen LogP contribution in [0, 0.1) is 11.6 Å². The SMILES string of the molecule is CCN1CCCC1CNC(=NCC(=O)N(C)C)NCC1(c2ccc(F)cc2F)CC1.I. The summed E-state index contributed by atoms with van der Waals surface area (Å²) in [6, 6.07) is 4.23. The van der Waals surface area contributed by atoms with Crippen molar-refractivity contribution in [2.45, 2.75) is 44.1 Å². The van der Waals surface area contributed by atoms with Gasteiger partial charge in [-0.05, 0) is 50.4 Å². The molecule has 1 aromatic rings. The molecule has 0 bridgehead atoms. The van der Waals surface area contributed by atoms with E-state index in [-0.39, 0.29) is 41.8 Å².